The van der Waals surface area contributed by atoms with Gasteiger partial charge in [-0.1, -0.05) is 25.4 Å². The van der Waals surface area contributed by atoms with E-state index in [1.165, 1.54) is 0 Å². The third-order valence-corrected chi connectivity index (χ3v) is 2.01. The van der Waals surface area contributed by atoms with Crippen LogP contribution in [0.5, 0.6) is 0 Å². The van der Waals surface area contributed by atoms with Crippen LogP contribution in [0.1, 0.15) is 26.7 Å². The summed E-state index contributed by atoms with van der Waals surface area (Å²) in [5.41, 5.74) is 0. The molecule has 0 bridgehead atoms. The van der Waals surface area contributed by atoms with Crippen LogP contribution in [0.2, 0.25) is 0 Å². The van der Waals surface area contributed by atoms with E-state index in [9.17, 15) is 0 Å². The van der Waals surface area contributed by atoms with Gasteiger partial charge in [0.05, 0.1) is 0 Å². The zero-order valence-electron chi connectivity index (χ0n) is 7.28. The van der Waals surface area contributed by atoms with Crippen LogP contribution in [-0.4, -0.2) is 18.3 Å². The maximum atomic E-state index is 7.13. The average Bonchev–Trinajstić information content (AvgIpc) is 2.10. The Hall–Kier alpha value is -0.0800. The van der Waals surface area contributed by atoms with Gasteiger partial charge >= 0.3 is 0 Å². The minimum atomic E-state index is 0.330. The lowest BCUT2D eigenvalue weighted by Gasteiger charge is -2.19. The lowest BCUT2D eigenvalue weighted by Crippen LogP contribution is -2.29. The molecule has 1 rings (SSSR count). The highest BCUT2D eigenvalue weighted by atomic mass is 35.5. The molecule has 0 saturated carbocycles. The molecule has 3 heteroatoms. The predicted molar refractivity (Wildman–Crippen MR) is 50.5 cm³/mol. The van der Waals surface area contributed by atoms with Crippen molar-refractivity contribution in [1.82, 2.24) is 5.32 Å². The van der Waals surface area contributed by atoms with Crippen LogP contribution in [-0.2, 0) is 0 Å². The molecule has 1 fully saturated rings. The summed E-state index contributed by atoms with van der Waals surface area (Å²) >= 11 is 5.51. The third-order valence-electron chi connectivity index (χ3n) is 1.70. The van der Waals surface area contributed by atoms with Gasteiger partial charge in [0.15, 0.2) is 0 Å². The first-order chi connectivity index (χ1) is 5.30. The second-order valence-electron chi connectivity index (χ2n) is 2.37. The summed E-state index contributed by atoms with van der Waals surface area (Å²) in [5, 5.41) is 10.7. The van der Waals surface area contributed by atoms with Crippen LogP contribution < -0.4 is 5.32 Å². The summed E-state index contributed by atoms with van der Waals surface area (Å²) in [6, 6.07) is 0. The van der Waals surface area contributed by atoms with Crippen molar-refractivity contribution in [2.24, 2.45) is 5.92 Å². The van der Waals surface area contributed by atoms with Gasteiger partial charge in [-0.2, -0.15) is 0 Å². The summed E-state index contributed by atoms with van der Waals surface area (Å²) in [5.74, 6) is 0.341. The number of nitrogens with one attached hydrogen (secondary N) is 2. The highest BCUT2D eigenvalue weighted by molar-refractivity contribution is 6.64. The molecule has 0 unspecified atom stereocenters. The monoisotopic (exact) mass is 176 g/mol. The van der Waals surface area contributed by atoms with Gasteiger partial charge in [-0.15, -0.1) is 0 Å². The summed E-state index contributed by atoms with van der Waals surface area (Å²) in [6.45, 7) is 6.03. The van der Waals surface area contributed by atoms with Crippen LogP contribution in [0, 0.1) is 11.3 Å². The number of rotatable bonds is 1. The number of halogens is 1. The van der Waals surface area contributed by atoms with Crippen LogP contribution in [0.4, 0.5) is 0 Å². The van der Waals surface area contributed by atoms with E-state index in [4.69, 9.17) is 17.0 Å². The smallest absolute Gasteiger partial charge is 0.100 e. The Bertz CT molecular complexity index is 109. The molecule has 0 aliphatic carbocycles. The van der Waals surface area contributed by atoms with E-state index in [0.717, 1.165) is 25.9 Å². The third kappa shape index (κ3) is 4.38. The Morgan fingerprint density at radius 3 is 2.09 bits per heavy atom. The molecule has 2 N–H and O–H groups in total. The fourth-order valence-corrected chi connectivity index (χ4v) is 1.29. The SMILES string of the molecule is CC.N=C(Cl)C1CCNCC1. The topological polar surface area (TPSA) is 35.9 Å². The predicted octanol–water partition coefficient (Wildman–Crippen LogP) is 2.23. The second kappa shape index (κ2) is 6.62. The molecule has 0 atom stereocenters. The maximum absolute atomic E-state index is 7.13. The Morgan fingerprint density at radius 2 is 1.82 bits per heavy atom. The van der Waals surface area contributed by atoms with E-state index in [-0.39, 0.29) is 0 Å². The fraction of sp³-hybridized carbons (Fsp3) is 0.875. The second-order valence-corrected chi connectivity index (χ2v) is 2.78. The molecule has 66 valence electrons. The number of hydrogen-bond donors (Lipinski definition) is 2. The summed E-state index contributed by atoms with van der Waals surface area (Å²) in [7, 11) is 0. The van der Waals surface area contributed by atoms with E-state index in [2.05, 4.69) is 5.32 Å². The molecule has 11 heavy (non-hydrogen) atoms. The van der Waals surface area contributed by atoms with Crippen molar-refractivity contribution in [3.8, 4) is 0 Å². The minimum absolute atomic E-state index is 0.330. The molecule has 0 aromatic heterocycles. The van der Waals surface area contributed by atoms with Crippen molar-refractivity contribution in [2.45, 2.75) is 26.7 Å². The van der Waals surface area contributed by atoms with E-state index in [0.29, 0.717) is 11.1 Å². The first kappa shape index (κ1) is 10.9. The standard InChI is InChI=1S/C6H11ClN2.C2H6/c7-6(8)5-1-3-9-4-2-5;1-2/h5,8-9H,1-4H2;1-2H3. The summed E-state index contributed by atoms with van der Waals surface area (Å²) in [4.78, 5) is 0. The van der Waals surface area contributed by atoms with Gasteiger partial charge in [-0.05, 0) is 25.9 Å². The lowest BCUT2D eigenvalue weighted by atomic mass is 10.00. The van der Waals surface area contributed by atoms with Gasteiger partial charge in [0.25, 0.3) is 0 Å². The maximum Gasteiger partial charge on any atom is 0.100 e. The average molecular weight is 177 g/mol. The highest BCUT2D eigenvalue weighted by Gasteiger charge is 2.15. The zero-order valence-corrected chi connectivity index (χ0v) is 8.04. The summed E-state index contributed by atoms with van der Waals surface area (Å²) in [6.07, 6.45) is 2.06. The van der Waals surface area contributed by atoms with Crippen LogP contribution in [0.3, 0.4) is 0 Å². The Morgan fingerprint density at radius 1 is 1.36 bits per heavy atom. The van der Waals surface area contributed by atoms with E-state index >= 15 is 0 Å². The molecule has 2 nitrogen and oxygen atoms in total. The first-order valence-electron chi connectivity index (χ1n) is 4.25. The van der Waals surface area contributed by atoms with Gasteiger partial charge in [0.1, 0.15) is 5.17 Å². The Balaban J connectivity index is 0.000000461. The largest absolute Gasteiger partial charge is 0.317 e. The molecule has 0 radical (unpaired) electrons. The van der Waals surface area contributed by atoms with E-state index in [1.54, 1.807) is 0 Å². The molecular weight excluding hydrogens is 160 g/mol. The van der Waals surface area contributed by atoms with Gasteiger partial charge < -0.3 is 5.32 Å². The number of hydrogen-bond acceptors (Lipinski definition) is 2. The molecule has 1 saturated heterocycles. The Kier molecular flexibility index (Phi) is 6.57. The molecule has 0 spiro atoms. The lowest BCUT2D eigenvalue weighted by molar-refractivity contribution is 0.459. The highest BCUT2D eigenvalue weighted by Crippen LogP contribution is 2.14. The van der Waals surface area contributed by atoms with Gasteiger partial charge in [-0.3, -0.25) is 5.41 Å². The van der Waals surface area contributed by atoms with Crippen LogP contribution in [0.25, 0.3) is 0 Å². The molecule has 1 aliphatic rings. The Labute approximate surface area is 73.8 Å². The van der Waals surface area contributed by atoms with Crippen molar-refractivity contribution in [3.63, 3.8) is 0 Å². The summed E-state index contributed by atoms with van der Waals surface area (Å²) < 4.78 is 0. The van der Waals surface area contributed by atoms with E-state index < -0.39 is 0 Å². The van der Waals surface area contributed by atoms with Crippen molar-refractivity contribution in [2.75, 3.05) is 13.1 Å². The van der Waals surface area contributed by atoms with Gasteiger partial charge in [0, 0.05) is 5.92 Å². The molecule has 0 aromatic rings. The fourth-order valence-electron chi connectivity index (χ4n) is 1.08. The van der Waals surface area contributed by atoms with Gasteiger partial charge in [-0.25, -0.2) is 0 Å². The van der Waals surface area contributed by atoms with Crippen molar-refractivity contribution in [3.05, 3.63) is 0 Å². The zero-order chi connectivity index (χ0) is 8.69. The molecule has 0 amide bonds. The van der Waals surface area contributed by atoms with Crippen LogP contribution in [0.15, 0.2) is 0 Å². The quantitative estimate of drug-likeness (QED) is 0.591. The van der Waals surface area contributed by atoms with Crippen molar-refractivity contribution < 1.29 is 0 Å². The normalized spacial score (nSPS) is 18.5. The van der Waals surface area contributed by atoms with Crippen molar-refractivity contribution in [1.29, 1.82) is 5.41 Å². The first-order valence-corrected chi connectivity index (χ1v) is 4.63. The number of piperidine rings is 1. The molecule has 0 aromatic carbocycles. The molecular formula is C8H17ClN2. The van der Waals surface area contributed by atoms with Crippen molar-refractivity contribution >= 4 is 16.8 Å². The van der Waals surface area contributed by atoms with Gasteiger partial charge in [0.2, 0.25) is 0 Å². The molecule has 1 heterocycles. The van der Waals surface area contributed by atoms with E-state index in [1.807, 2.05) is 13.8 Å². The van der Waals surface area contributed by atoms with Crippen LogP contribution >= 0.6 is 11.6 Å². The minimum Gasteiger partial charge on any atom is -0.317 e. The molecule has 1 aliphatic heterocycles.